The van der Waals surface area contributed by atoms with Gasteiger partial charge in [0.05, 0.1) is 18.4 Å². The van der Waals surface area contributed by atoms with Gasteiger partial charge >= 0.3 is 0 Å². The summed E-state index contributed by atoms with van der Waals surface area (Å²) in [7, 11) is 1.62. The Balaban J connectivity index is 1.81. The van der Waals surface area contributed by atoms with Gasteiger partial charge in [0.1, 0.15) is 5.69 Å². The molecule has 0 bridgehead atoms. The van der Waals surface area contributed by atoms with Crippen LogP contribution >= 0.6 is 0 Å². The number of hydrogen-bond acceptors (Lipinski definition) is 5. The molecule has 1 aliphatic rings. The molecule has 1 saturated heterocycles. The van der Waals surface area contributed by atoms with E-state index in [9.17, 15) is 0 Å². The molecule has 6 heteroatoms. The Morgan fingerprint density at radius 2 is 2.22 bits per heavy atom. The van der Waals surface area contributed by atoms with Gasteiger partial charge < -0.3 is 10.1 Å². The molecule has 1 atom stereocenters. The fourth-order valence-corrected chi connectivity index (χ4v) is 3.21. The number of piperidine rings is 1. The van der Waals surface area contributed by atoms with Gasteiger partial charge in [0.15, 0.2) is 5.65 Å². The first-order valence-corrected chi connectivity index (χ1v) is 7.91. The number of nitrogens with one attached hydrogen (secondary N) is 1. The van der Waals surface area contributed by atoms with Crippen molar-refractivity contribution in [3.8, 4) is 17.1 Å². The number of ether oxygens (including phenoxy) is 1. The molecule has 3 aromatic rings. The monoisotopic (exact) mass is 309 g/mol. The molecule has 1 N–H and O–H groups in total. The first-order valence-electron chi connectivity index (χ1n) is 7.91. The van der Waals surface area contributed by atoms with Crippen molar-refractivity contribution in [2.75, 3.05) is 20.2 Å². The predicted molar refractivity (Wildman–Crippen MR) is 87.6 cm³/mol. The number of hydrogen-bond donors (Lipinski definition) is 1. The van der Waals surface area contributed by atoms with Crippen molar-refractivity contribution in [1.82, 2.24) is 24.9 Å². The summed E-state index contributed by atoms with van der Waals surface area (Å²) in [5.74, 6) is 1.05. The third-order valence-corrected chi connectivity index (χ3v) is 4.34. The van der Waals surface area contributed by atoms with Gasteiger partial charge in [0, 0.05) is 30.9 Å². The highest BCUT2D eigenvalue weighted by Crippen LogP contribution is 2.29. The Morgan fingerprint density at radius 3 is 3.04 bits per heavy atom. The number of methoxy groups -OCH3 is 1. The highest BCUT2D eigenvalue weighted by molar-refractivity contribution is 5.68. The number of aromatic nitrogens is 4. The Labute approximate surface area is 134 Å². The van der Waals surface area contributed by atoms with Crippen LogP contribution in [0.2, 0.25) is 0 Å². The molecule has 0 amide bonds. The summed E-state index contributed by atoms with van der Waals surface area (Å²) in [6, 6.07) is 7.91. The summed E-state index contributed by atoms with van der Waals surface area (Å²) in [5, 5.41) is 8.24. The third kappa shape index (κ3) is 2.55. The molecule has 0 radical (unpaired) electrons. The summed E-state index contributed by atoms with van der Waals surface area (Å²) in [6.07, 6.45) is 5.96. The average molecular weight is 309 g/mol. The van der Waals surface area contributed by atoms with Crippen LogP contribution in [0.3, 0.4) is 0 Å². The van der Waals surface area contributed by atoms with Gasteiger partial charge in [-0.25, -0.2) is 14.5 Å². The summed E-state index contributed by atoms with van der Waals surface area (Å²) < 4.78 is 7.31. The van der Waals surface area contributed by atoms with Crippen LogP contribution in [0.1, 0.15) is 24.5 Å². The summed E-state index contributed by atoms with van der Waals surface area (Å²) in [6.45, 7) is 2.09. The lowest BCUT2D eigenvalue weighted by molar-refractivity contribution is 0.399. The summed E-state index contributed by atoms with van der Waals surface area (Å²) in [4.78, 5) is 8.71. The average Bonchev–Trinajstić information content (AvgIpc) is 3.06. The molecule has 6 nitrogen and oxygen atoms in total. The fourth-order valence-electron chi connectivity index (χ4n) is 3.21. The van der Waals surface area contributed by atoms with Crippen molar-refractivity contribution in [2.24, 2.45) is 0 Å². The molecule has 4 heterocycles. The lowest BCUT2D eigenvalue weighted by Gasteiger charge is -2.23. The van der Waals surface area contributed by atoms with Crippen LogP contribution in [0, 0.1) is 0 Å². The molecule has 1 unspecified atom stereocenters. The van der Waals surface area contributed by atoms with Crippen molar-refractivity contribution in [3.05, 3.63) is 42.4 Å². The van der Waals surface area contributed by atoms with E-state index in [4.69, 9.17) is 9.84 Å². The smallest absolute Gasteiger partial charge is 0.222 e. The largest absolute Gasteiger partial charge is 0.481 e. The molecular weight excluding hydrogens is 290 g/mol. The van der Waals surface area contributed by atoms with E-state index in [2.05, 4.69) is 21.4 Å². The van der Waals surface area contributed by atoms with Gasteiger partial charge in [-0.2, -0.15) is 5.10 Å². The molecule has 1 fully saturated rings. The highest BCUT2D eigenvalue weighted by Gasteiger charge is 2.20. The minimum absolute atomic E-state index is 0.470. The first-order chi connectivity index (χ1) is 11.4. The molecule has 3 aromatic heterocycles. The summed E-state index contributed by atoms with van der Waals surface area (Å²) >= 11 is 0. The minimum atomic E-state index is 0.470. The molecule has 118 valence electrons. The Morgan fingerprint density at radius 1 is 1.26 bits per heavy atom. The number of rotatable bonds is 3. The molecule has 0 saturated carbocycles. The second-order valence-electron chi connectivity index (χ2n) is 5.77. The molecular formula is C17H19N5O. The van der Waals surface area contributed by atoms with E-state index in [0.717, 1.165) is 30.0 Å². The maximum absolute atomic E-state index is 5.35. The van der Waals surface area contributed by atoms with E-state index < -0.39 is 0 Å². The minimum Gasteiger partial charge on any atom is -0.481 e. The van der Waals surface area contributed by atoms with E-state index in [0.29, 0.717) is 11.8 Å². The van der Waals surface area contributed by atoms with Crippen molar-refractivity contribution in [3.63, 3.8) is 0 Å². The Hall–Kier alpha value is -2.47. The topological polar surface area (TPSA) is 64.3 Å². The van der Waals surface area contributed by atoms with Crippen molar-refractivity contribution < 1.29 is 4.74 Å². The fraction of sp³-hybridized carbons (Fsp3) is 0.353. The molecule has 23 heavy (non-hydrogen) atoms. The van der Waals surface area contributed by atoms with E-state index in [1.165, 1.54) is 18.5 Å². The lowest BCUT2D eigenvalue weighted by Crippen LogP contribution is -2.29. The SMILES string of the molecule is COc1ncccc1-c1cc2nccc(C3CCCNC3)n2n1. The molecule has 4 rings (SSSR count). The van der Waals surface area contributed by atoms with Gasteiger partial charge in [-0.15, -0.1) is 0 Å². The normalized spacial score (nSPS) is 18.2. The van der Waals surface area contributed by atoms with E-state index in [1.54, 1.807) is 13.3 Å². The Bertz CT molecular complexity index is 823. The zero-order valence-corrected chi connectivity index (χ0v) is 13.1. The zero-order valence-electron chi connectivity index (χ0n) is 13.1. The van der Waals surface area contributed by atoms with Gasteiger partial charge in [0.2, 0.25) is 5.88 Å². The molecule has 0 spiro atoms. The van der Waals surface area contributed by atoms with E-state index in [-0.39, 0.29) is 0 Å². The quantitative estimate of drug-likeness (QED) is 0.804. The molecule has 1 aliphatic heterocycles. The first kappa shape index (κ1) is 14.1. The van der Waals surface area contributed by atoms with Crippen LogP contribution in [0.25, 0.3) is 16.9 Å². The second kappa shape index (κ2) is 5.96. The zero-order chi connectivity index (χ0) is 15.6. The van der Waals surface area contributed by atoms with Gasteiger partial charge in [-0.1, -0.05) is 0 Å². The van der Waals surface area contributed by atoms with Crippen molar-refractivity contribution in [2.45, 2.75) is 18.8 Å². The van der Waals surface area contributed by atoms with Crippen LogP contribution in [0.4, 0.5) is 0 Å². The number of fused-ring (bicyclic) bond motifs is 1. The van der Waals surface area contributed by atoms with Gasteiger partial charge in [-0.3, -0.25) is 0 Å². The van der Waals surface area contributed by atoms with Gasteiger partial charge in [-0.05, 0) is 37.6 Å². The molecule has 0 aromatic carbocycles. The maximum atomic E-state index is 5.35. The second-order valence-corrected chi connectivity index (χ2v) is 5.77. The van der Waals surface area contributed by atoms with Crippen LogP contribution in [0.5, 0.6) is 5.88 Å². The van der Waals surface area contributed by atoms with Crippen molar-refractivity contribution in [1.29, 1.82) is 0 Å². The van der Waals surface area contributed by atoms with E-state index in [1.807, 2.05) is 28.9 Å². The van der Waals surface area contributed by atoms with Crippen LogP contribution < -0.4 is 10.1 Å². The van der Waals surface area contributed by atoms with Crippen LogP contribution in [0.15, 0.2) is 36.7 Å². The standard InChI is InChI=1S/C17H19N5O/c1-23-17-13(5-3-8-20-17)14-10-16-19-9-6-15(22(16)21-14)12-4-2-7-18-11-12/h3,5-6,8-10,12,18H,2,4,7,11H2,1H3. The lowest BCUT2D eigenvalue weighted by atomic mass is 9.96. The maximum Gasteiger partial charge on any atom is 0.222 e. The predicted octanol–water partition coefficient (Wildman–Crippen LogP) is 2.27. The highest BCUT2D eigenvalue weighted by atomic mass is 16.5. The van der Waals surface area contributed by atoms with Crippen LogP contribution in [-0.2, 0) is 0 Å². The van der Waals surface area contributed by atoms with Crippen LogP contribution in [-0.4, -0.2) is 39.8 Å². The summed E-state index contributed by atoms with van der Waals surface area (Å²) in [5.41, 5.74) is 3.78. The Kier molecular flexibility index (Phi) is 3.67. The number of nitrogens with zero attached hydrogens (tertiary/aromatic N) is 4. The van der Waals surface area contributed by atoms with E-state index >= 15 is 0 Å². The van der Waals surface area contributed by atoms with Gasteiger partial charge in [0.25, 0.3) is 0 Å². The molecule has 0 aliphatic carbocycles. The number of pyridine rings is 1. The van der Waals surface area contributed by atoms with Crippen molar-refractivity contribution >= 4 is 5.65 Å². The third-order valence-electron chi connectivity index (χ3n) is 4.34.